The number of amides is 1. The molecule has 126 valence electrons. The van der Waals surface area contributed by atoms with E-state index in [-0.39, 0.29) is 11.9 Å². The molecule has 2 aromatic carbocycles. The third kappa shape index (κ3) is 4.02. The predicted molar refractivity (Wildman–Crippen MR) is 96.4 cm³/mol. The van der Waals surface area contributed by atoms with Crippen LogP contribution in [0.1, 0.15) is 34.8 Å². The summed E-state index contributed by atoms with van der Waals surface area (Å²) in [5.41, 5.74) is 1.52. The van der Waals surface area contributed by atoms with Crippen LogP contribution in [0, 0.1) is 5.82 Å². The number of benzene rings is 2. The van der Waals surface area contributed by atoms with Crippen LogP contribution in [-0.4, -0.2) is 30.4 Å². The van der Waals surface area contributed by atoms with Crippen LogP contribution < -0.4 is 5.32 Å². The van der Waals surface area contributed by atoms with Crippen LogP contribution in [0.2, 0.25) is 0 Å². The molecule has 1 saturated heterocycles. The molecule has 0 spiro atoms. The summed E-state index contributed by atoms with van der Waals surface area (Å²) >= 11 is 3.31. The second-order valence-corrected chi connectivity index (χ2v) is 6.86. The predicted octanol–water partition coefficient (Wildman–Crippen LogP) is 4.16. The maximum atomic E-state index is 13.4. The molecule has 2 aromatic rings. The first kappa shape index (κ1) is 17.1. The van der Waals surface area contributed by atoms with E-state index < -0.39 is 5.82 Å². The van der Waals surface area contributed by atoms with Crippen molar-refractivity contribution in [2.75, 3.05) is 19.6 Å². The van der Waals surface area contributed by atoms with Gasteiger partial charge in [0.25, 0.3) is 5.91 Å². The smallest absolute Gasteiger partial charge is 0.252 e. The summed E-state index contributed by atoms with van der Waals surface area (Å²) in [7, 11) is 0. The fourth-order valence-corrected chi connectivity index (χ4v) is 3.57. The van der Waals surface area contributed by atoms with Crippen molar-refractivity contribution >= 4 is 21.8 Å². The van der Waals surface area contributed by atoms with Gasteiger partial charge < -0.3 is 5.32 Å². The minimum absolute atomic E-state index is 0.144. The molecule has 3 rings (SSSR count). The number of hydrogen-bond donors (Lipinski definition) is 1. The number of rotatable bonds is 5. The van der Waals surface area contributed by atoms with Crippen LogP contribution in [0.4, 0.5) is 4.39 Å². The molecule has 0 aliphatic carbocycles. The highest BCUT2D eigenvalue weighted by atomic mass is 79.9. The molecule has 0 aromatic heterocycles. The van der Waals surface area contributed by atoms with Gasteiger partial charge in [-0.15, -0.1) is 0 Å². The van der Waals surface area contributed by atoms with E-state index in [0.717, 1.165) is 13.1 Å². The van der Waals surface area contributed by atoms with Crippen LogP contribution in [-0.2, 0) is 0 Å². The van der Waals surface area contributed by atoms with Gasteiger partial charge in [0.2, 0.25) is 0 Å². The van der Waals surface area contributed by atoms with Gasteiger partial charge in [-0.1, -0.05) is 30.3 Å². The largest absolute Gasteiger partial charge is 0.350 e. The number of likely N-dealkylation sites (tertiary alicyclic amines) is 1. The lowest BCUT2D eigenvalue weighted by Crippen LogP contribution is -2.36. The summed E-state index contributed by atoms with van der Waals surface area (Å²) in [6.45, 7) is 2.59. The molecule has 0 saturated carbocycles. The molecule has 1 heterocycles. The monoisotopic (exact) mass is 390 g/mol. The van der Waals surface area contributed by atoms with Crippen molar-refractivity contribution in [3.8, 4) is 0 Å². The first-order valence-electron chi connectivity index (χ1n) is 8.17. The van der Waals surface area contributed by atoms with Crippen molar-refractivity contribution in [1.29, 1.82) is 0 Å². The summed E-state index contributed by atoms with van der Waals surface area (Å²) in [6, 6.07) is 14.5. The molecule has 0 bridgehead atoms. The molecule has 1 amide bonds. The lowest BCUT2D eigenvalue weighted by atomic mass is 10.1. The minimum atomic E-state index is -0.414. The Morgan fingerprint density at radius 3 is 2.58 bits per heavy atom. The van der Waals surface area contributed by atoms with E-state index in [0.29, 0.717) is 16.6 Å². The number of carbonyl (C=O) groups excluding carboxylic acids is 1. The lowest BCUT2D eigenvalue weighted by molar-refractivity contribution is 0.0936. The average Bonchev–Trinajstić information content (AvgIpc) is 3.12. The van der Waals surface area contributed by atoms with Gasteiger partial charge in [-0.3, -0.25) is 9.69 Å². The normalized spacial score (nSPS) is 16.1. The summed E-state index contributed by atoms with van der Waals surface area (Å²) in [5.74, 6) is -0.677. The summed E-state index contributed by atoms with van der Waals surface area (Å²) in [6.07, 6.45) is 2.37. The Labute approximate surface area is 150 Å². The van der Waals surface area contributed by atoms with E-state index in [1.54, 1.807) is 6.07 Å². The highest BCUT2D eigenvalue weighted by molar-refractivity contribution is 9.10. The number of nitrogens with zero attached hydrogens (tertiary/aromatic N) is 1. The van der Waals surface area contributed by atoms with E-state index in [1.807, 2.05) is 18.2 Å². The van der Waals surface area contributed by atoms with E-state index in [9.17, 15) is 9.18 Å². The highest BCUT2D eigenvalue weighted by Crippen LogP contribution is 2.25. The van der Waals surface area contributed by atoms with Gasteiger partial charge in [0.1, 0.15) is 5.82 Å². The average molecular weight is 391 g/mol. The van der Waals surface area contributed by atoms with Crippen LogP contribution in [0.5, 0.6) is 0 Å². The Balaban J connectivity index is 1.73. The highest BCUT2D eigenvalue weighted by Gasteiger charge is 2.24. The Hall–Kier alpha value is -1.72. The molecule has 1 atom stereocenters. The van der Waals surface area contributed by atoms with Gasteiger partial charge >= 0.3 is 0 Å². The zero-order valence-corrected chi connectivity index (χ0v) is 14.9. The van der Waals surface area contributed by atoms with Crippen molar-refractivity contribution in [2.45, 2.75) is 18.9 Å². The van der Waals surface area contributed by atoms with Crippen molar-refractivity contribution in [3.05, 3.63) is 69.9 Å². The third-order valence-electron chi connectivity index (χ3n) is 4.39. The molecule has 1 fully saturated rings. The van der Waals surface area contributed by atoms with Gasteiger partial charge in [-0.2, -0.15) is 0 Å². The molecule has 1 N–H and O–H groups in total. The SMILES string of the molecule is O=C(NCC(c1ccccc1)N1CCCC1)c1cc(F)ccc1Br. The van der Waals surface area contributed by atoms with Gasteiger partial charge in [-0.05, 0) is 65.6 Å². The van der Waals surface area contributed by atoms with E-state index in [4.69, 9.17) is 0 Å². The summed E-state index contributed by atoms with van der Waals surface area (Å²) in [5, 5.41) is 2.97. The first-order valence-corrected chi connectivity index (χ1v) is 8.96. The Morgan fingerprint density at radius 1 is 1.17 bits per heavy atom. The second kappa shape index (κ2) is 7.90. The van der Waals surface area contributed by atoms with Crippen molar-refractivity contribution < 1.29 is 9.18 Å². The number of nitrogens with one attached hydrogen (secondary N) is 1. The zero-order chi connectivity index (χ0) is 16.9. The lowest BCUT2D eigenvalue weighted by Gasteiger charge is -2.28. The van der Waals surface area contributed by atoms with Crippen molar-refractivity contribution in [2.24, 2.45) is 0 Å². The Kier molecular flexibility index (Phi) is 5.63. The van der Waals surface area contributed by atoms with Gasteiger partial charge in [0.05, 0.1) is 11.6 Å². The molecule has 5 heteroatoms. The maximum Gasteiger partial charge on any atom is 0.252 e. The van der Waals surface area contributed by atoms with E-state index >= 15 is 0 Å². The summed E-state index contributed by atoms with van der Waals surface area (Å²) < 4.78 is 14.0. The molecule has 0 radical (unpaired) electrons. The maximum absolute atomic E-state index is 13.4. The molecule has 1 aliphatic heterocycles. The molecule has 1 aliphatic rings. The zero-order valence-electron chi connectivity index (χ0n) is 13.3. The molecular formula is C19H20BrFN2O. The third-order valence-corrected chi connectivity index (χ3v) is 5.09. The molecule has 24 heavy (non-hydrogen) atoms. The number of halogens is 2. The van der Waals surface area contributed by atoms with Gasteiger partial charge in [0.15, 0.2) is 0 Å². The standard InChI is InChI=1S/C19H20BrFN2O/c20-17-9-8-15(21)12-16(17)19(24)22-13-18(23-10-4-5-11-23)14-6-2-1-3-7-14/h1-3,6-9,12,18H,4-5,10-11,13H2,(H,22,24). The summed E-state index contributed by atoms with van der Waals surface area (Å²) in [4.78, 5) is 14.8. The molecular weight excluding hydrogens is 371 g/mol. The quantitative estimate of drug-likeness (QED) is 0.831. The van der Waals surface area contributed by atoms with Crippen LogP contribution in [0.3, 0.4) is 0 Å². The van der Waals surface area contributed by atoms with Crippen LogP contribution in [0.15, 0.2) is 53.0 Å². The fourth-order valence-electron chi connectivity index (χ4n) is 3.14. The van der Waals surface area contributed by atoms with E-state index in [2.05, 4.69) is 38.3 Å². The topological polar surface area (TPSA) is 32.3 Å². The van der Waals surface area contributed by atoms with Crippen molar-refractivity contribution in [3.63, 3.8) is 0 Å². The van der Waals surface area contributed by atoms with E-state index in [1.165, 1.54) is 30.5 Å². The molecule has 3 nitrogen and oxygen atoms in total. The van der Waals surface area contributed by atoms with Gasteiger partial charge in [-0.25, -0.2) is 4.39 Å². The van der Waals surface area contributed by atoms with Crippen LogP contribution >= 0.6 is 15.9 Å². The fraction of sp³-hybridized carbons (Fsp3) is 0.316. The number of hydrogen-bond acceptors (Lipinski definition) is 2. The van der Waals surface area contributed by atoms with Crippen molar-refractivity contribution in [1.82, 2.24) is 10.2 Å². The number of carbonyl (C=O) groups is 1. The van der Waals surface area contributed by atoms with Gasteiger partial charge in [0, 0.05) is 11.0 Å². The molecule has 1 unspecified atom stereocenters. The van der Waals surface area contributed by atoms with Crippen LogP contribution in [0.25, 0.3) is 0 Å². The minimum Gasteiger partial charge on any atom is -0.350 e. The first-order chi connectivity index (χ1) is 11.6. The Morgan fingerprint density at radius 2 is 1.88 bits per heavy atom. The second-order valence-electron chi connectivity index (χ2n) is 6.00. The Bertz CT molecular complexity index is 702.